The maximum atomic E-state index is 12.2. The van der Waals surface area contributed by atoms with Crippen molar-refractivity contribution in [2.24, 2.45) is 0 Å². The number of carbonyl (C=O) groups is 1. The Morgan fingerprint density at radius 1 is 1.27 bits per heavy atom. The Morgan fingerprint density at radius 3 is 2.54 bits per heavy atom. The van der Waals surface area contributed by atoms with Crippen molar-refractivity contribution in [3.05, 3.63) is 80.9 Å². The first kappa shape index (κ1) is 18.9. The average molecular weight is 349 g/mol. The standard InChI is InChI=1S/C20H19N3O3/c1-14(2)18-9-8-16(11-19(18)23(25)26)10-17(12-21)20(24)22-13-15-6-4-3-5-7-15/h3-11,14H,13H2,1-2H3,(H,22,24)/b17-10+. The number of hydrogen-bond acceptors (Lipinski definition) is 4. The predicted molar refractivity (Wildman–Crippen MR) is 99.1 cm³/mol. The summed E-state index contributed by atoms with van der Waals surface area (Å²) in [6, 6.07) is 15.9. The van der Waals surface area contributed by atoms with Crippen molar-refractivity contribution in [3.8, 4) is 6.07 Å². The molecule has 0 aliphatic carbocycles. The third kappa shape index (κ3) is 4.77. The summed E-state index contributed by atoms with van der Waals surface area (Å²) in [5, 5.41) is 23.2. The van der Waals surface area contributed by atoms with Crippen LogP contribution in [0.3, 0.4) is 0 Å². The average Bonchev–Trinajstić information content (AvgIpc) is 2.64. The molecule has 0 bridgehead atoms. The minimum absolute atomic E-state index is 0.00182. The van der Waals surface area contributed by atoms with E-state index in [2.05, 4.69) is 5.32 Å². The van der Waals surface area contributed by atoms with Gasteiger partial charge in [0, 0.05) is 18.2 Å². The summed E-state index contributed by atoms with van der Waals surface area (Å²) in [5.41, 5.74) is 1.84. The molecule has 0 aliphatic heterocycles. The molecular weight excluding hydrogens is 330 g/mol. The Hall–Kier alpha value is -3.46. The van der Waals surface area contributed by atoms with Gasteiger partial charge in [-0.15, -0.1) is 0 Å². The Morgan fingerprint density at radius 2 is 1.96 bits per heavy atom. The van der Waals surface area contributed by atoms with Gasteiger partial charge >= 0.3 is 0 Å². The fourth-order valence-corrected chi connectivity index (χ4v) is 2.49. The lowest BCUT2D eigenvalue weighted by atomic mass is 9.98. The van der Waals surface area contributed by atoms with Crippen LogP contribution in [0.15, 0.2) is 54.1 Å². The van der Waals surface area contributed by atoms with Crippen LogP contribution < -0.4 is 5.32 Å². The van der Waals surface area contributed by atoms with E-state index in [1.165, 1.54) is 12.1 Å². The Balaban J connectivity index is 2.22. The smallest absolute Gasteiger partial charge is 0.273 e. The van der Waals surface area contributed by atoms with Crippen molar-refractivity contribution < 1.29 is 9.72 Å². The van der Waals surface area contributed by atoms with E-state index in [1.807, 2.05) is 50.2 Å². The van der Waals surface area contributed by atoms with Crippen molar-refractivity contribution in [2.75, 3.05) is 0 Å². The van der Waals surface area contributed by atoms with Crippen molar-refractivity contribution in [1.29, 1.82) is 5.26 Å². The second-order valence-electron chi connectivity index (χ2n) is 6.07. The lowest BCUT2D eigenvalue weighted by Crippen LogP contribution is -2.23. The fraction of sp³-hybridized carbons (Fsp3) is 0.200. The van der Waals surface area contributed by atoms with Crippen molar-refractivity contribution in [3.63, 3.8) is 0 Å². The van der Waals surface area contributed by atoms with E-state index in [0.717, 1.165) is 5.56 Å². The molecule has 0 heterocycles. The van der Waals surface area contributed by atoms with E-state index in [1.54, 1.807) is 12.1 Å². The highest BCUT2D eigenvalue weighted by molar-refractivity contribution is 6.01. The summed E-state index contributed by atoms with van der Waals surface area (Å²) in [6.07, 6.45) is 1.36. The summed E-state index contributed by atoms with van der Waals surface area (Å²) >= 11 is 0. The number of hydrogen-bond donors (Lipinski definition) is 1. The number of amides is 1. The third-order valence-corrected chi connectivity index (χ3v) is 3.85. The summed E-state index contributed by atoms with van der Waals surface area (Å²) in [4.78, 5) is 23.0. The molecule has 1 amide bonds. The number of carbonyl (C=O) groups excluding carboxylic acids is 1. The number of nitrogens with one attached hydrogen (secondary N) is 1. The molecule has 0 saturated heterocycles. The normalized spacial score (nSPS) is 11.1. The fourth-order valence-electron chi connectivity index (χ4n) is 2.49. The highest BCUT2D eigenvalue weighted by Crippen LogP contribution is 2.28. The topological polar surface area (TPSA) is 96.0 Å². The van der Waals surface area contributed by atoms with Crippen molar-refractivity contribution in [1.82, 2.24) is 5.32 Å². The van der Waals surface area contributed by atoms with Crippen LogP contribution in [0.2, 0.25) is 0 Å². The molecule has 0 fully saturated rings. The van der Waals surface area contributed by atoms with E-state index < -0.39 is 10.8 Å². The lowest BCUT2D eigenvalue weighted by molar-refractivity contribution is -0.385. The second kappa shape index (κ2) is 8.58. The van der Waals surface area contributed by atoms with Gasteiger partial charge in [-0.3, -0.25) is 14.9 Å². The molecule has 0 aromatic heterocycles. The molecule has 0 saturated carbocycles. The first-order chi connectivity index (χ1) is 12.4. The van der Waals surface area contributed by atoms with Crippen molar-refractivity contribution in [2.45, 2.75) is 26.3 Å². The zero-order chi connectivity index (χ0) is 19.1. The van der Waals surface area contributed by atoms with Crippen LogP contribution in [0.5, 0.6) is 0 Å². The number of nitriles is 1. The zero-order valence-corrected chi connectivity index (χ0v) is 14.6. The van der Waals surface area contributed by atoms with Crippen LogP contribution in [-0.2, 0) is 11.3 Å². The van der Waals surface area contributed by atoms with E-state index >= 15 is 0 Å². The van der Waals surface area contributed by atoms with E-state index in [4.69, 9.17) is 0 Å². The molecule has 0 aliphatic rings. The maximum absolute atomic E-state index is 12.2. The lowest BCUT2D eigenvalue weighted by Gasteiger charge is -2.08. The van der Waals surface area contributed by atoms with E-state index in [9.17, 15) is 20.2 Å². The highest BCUT2D eigenvalue weighted by Gasteiger charge is 2.17. The second-order valence-corrected chi connectivity index (χ2v) is 6.07. The molecule has 2 aromatic rings. The molecule has 0 spiro atoms. The molecule has 0 unspecified atom stereocenters. The Bertz CT molecular complexity index is 881. The molecule has 6 nitrogen and oxygen atoms in total. The Kier molecular flexibility index (Phi) is 6.23. The van der Waals surface area contributed by atoms with Crippen LogP contribution in [0, 0.1) is 21.4 Å². The first-order valence-corrected chi connectivity index (χ1v) is 8.14. The summed E-state index contributed by atoms with van der Waals surface area (Å²) < 4.78 is 0. The van der Waals surface area contributed by atoms with Gasteiger partial charge in [-0.05, 0) is 23.1 Å². The van der Waals surface area contributed by atoms with Gasteiger partial charge < -0.3 is 5.32 Å². The number of nitro groups is 1. The number of nitrogens with zero attached hydrogens (tertiary/aromatic N) is 2. The molecule has 132 valence electrons. The quantitative estimate of drug-likeness (QED) is 0.370. The summed E-state index contributed by atoms with van der Waals surface area (Å²) in [7, 11) is 0. The monoisotopic (exact) mass is 349 g/mol. The van der Waals surface area contributed by atoms with Crippen LogP contribution in [0.25, 0.3) is 6.08 Å². The summed E-state index contributed by atoms with van der Waals surface area (Å²) in [5.74, 6) is -0.523. The minimum Gasteiger partial charge on any atom is -0.347 e. The SMILES string of the molecule is CC(C)c1ccc(/C=C(\C#N)C(=O)NCc2ccccc2)cc1[N+](=O)[O-]. The molecule has 1 N–H and O–H groups in total. The molecule has 0 atom stereocenters. The van der Waals surface area contributed by atoms with Crippen LogP contribution in [0.4, 0.5) is 5.69 Å². The highest BCUT2D eigenvalue weighted by atomic mass is 16.6. The van der Waals surface area contributed by atoms with Gasteiger partial charge in [-0.2, -0.15) is 5.26 Å². The Labute approximate surface area is 151 Å². The molecule has 26 heavy (non-hydrogen) atoms. The number of rotatable bonds is 6. The van der Waals surface area contributed by atoms with Gasteiger partial charge in [-0.1, -0.05) is 56.3 Å². The number of benzene rings is 2. The van der Waals surface area contributed by atoms with Gasteiger partial charge in [0.2, 0.25) is 0 Å². The van der Waals surface area contributed by atoms with Gasteiger partial charge in [0.1, 0.15) is 11.6 Å². The third-order valence-electron chi connectivity index (χ3n) is 3.85. The molecule has 2 rings (SSSR count). The van der Waals surface area contributed by atoms with Gasteiger partial charge in [-0.25, -0.2) is 0 Å². The first-order valence-electron chi connectivity index (χ1n) is 8.14. The van der Waals surface area contributed by atoms with E-state index in [-0.39, 0.29) is 17.2 Å². The van der Waals surface area contributed by atoms with Gasteiger partial charge in [0.25, 0.3) is 11.6 Å². The van der Waals surface area contributed by atoms with E-state index in [0.29, 0.717) is 17.7 Å². The minimum atomic E-state index is -0.521. The maximum Gasteiger partial charge on any atom is 0.273 e. The van der Waals surface area contributed by atoms with Gasteiger partial charge in [0.05, 0.1) is 4.92 Å². The zero-order valence-electron chi connectivity index (χ0n) is 14.6. The molecule has 2 aromatic carbocycles. The van der Waals surface area contributed by atoms with Crippen LogP contribution in [-0.4, -0.2) is 10.8 Å². The largest absolute Gasteiger partial charge is 0.347 e. The predicted octanol–water partition coefficient (Wildman–Crippen LogP) is 3.94. The number of nitro benzene ring substituents is 1. The van der Waals surface area contributed by atoms with Gasteiger partial charge in [0.15, 0.2) is 0 Å². The van der Waals surface area contributed by atoms with Crippen molar-refractivity contribution >= 4 is 17.7 Å². The molecule has 6 heteroatoms. The van der Waals surface area contributed by atoms with Crippen LogP contribution >= 0.6 is 0 Å². The summed E-state index contributed by atoms with van der Waals surface area (Å²) in [6.45, 7) is 4.04. The molecule has 0 radical (unpaired) electrons. The van der Waals surface area contributed by atoms with Crippen LogP contribution in [0.1, 0.15) is 36.5 Å². The molecular formula is C20H19N3O3.